The average molecular weight is 340 g/mol. The van der Waals surface area contributed by atoms with Gasteiger partial charge in [0.2, 0.25) is 5.91 Å². The molecule has 4 nitrogen and oxygen atoms in total. The lowest BCUT2D eigenvalue weighted by Crippen LogP contribution is -2.42. The molecular formula is C18H26F2N2O2. The van der Waals surface area contributed by atoms with E-state index in [2.05, 4.69) is 10.1 Å². The van der Waals surface area contributed by atoms with E-state index in [0.29, 0.717) is 17.9 Å². The van der Waals surface area contributed by atoms with Crippen LogP contribution in [0.4, 0.5) is 8.78 Å². The molecule has 1 fully saturated rings. The van der Waals surface area contributed by atoms with Gasteiger partial charge in [0.15, 0.2) is 0 Å². The molecule has 0 aromatic heterocycles. The Labute approximate surface area is 141 Å². The highest BCUT2D eigenvalue weighted by molar-refractivity contribution is 5.81. The molecule has 24 heavy (non-hydrogen) atoms. The maximum Gasteiger partial charge on any atom is 0.387 e. The Morgan fingerprint density at radius 1 is 1.33 bits per heavy atom. The van der Waals surface area contributed by atoms with Gasteiger partial charge in [-0.3, -0.25) is 4.79 Å². The van der Waals surface area contributed by atoms with Gasteiger partial charge in [-0.05, 0) is 37.0 Å². The molecule has 2 atom stereocenters. The van der Waals surface area contributed by atoms with Crippen molar-refractivity contribution in [1.82, 2.24) is 5.32 Å². The number of benzene rings is 1. The van der Waals surface area contributed by atoms with Crippen LogP contribution in [0.1, 0.15) is 57.1 Å². The van der Waals surface area contributed by atoms with Gasteiger partial charge in [-0.15, -0.1) is 0 Å². The molecule has 1 saturated carbocycles. The van der Waals surface area contributed by atoms with Crippen LogP contribution in [0.15, 0.2) is 24.3 Å². The minimum absolute atomic E-state index is 0.0788. The molecule has 0 saturated heterocycles. The molecule has 1 amide bonds. The molecule has 0 bridgehead atoms. The minimum atomic E-state index is -2.87. The van der Waals surface area contributed by atoms with Crippen LogP contribution in [0.25, 0.3) is 0 Å². The van der Waals surface area contributed by atoms with Crippen LogP contribution in [-0.2, 0) is 4.79 Å². The van der Waals surface area contributed by atoms with E-state index in [1.807, 2.05) is 0 Å². The summed E-state index contributed by atoms with van der Waals surface area (Å²) in [5.41, 5.74) is 6.73. The van der Waals surface area contributed by atoms with Crippen LogP contribution in [0.5, 0.6) is 5.75 Å². The Bertz CT molecular complexity index is 534. The van der Waals surface area contributed by atoms with Gasteiger partial charge in [0.25, 0.3) is 0 Å². The number of alkyl halides is 2. The van der Waals surface area contributed by atoms with Crippen molar-refractivity contribution in [3.63, 3.8) is 0 Å². The predicted octanol–water partition coefficient (Wildman–Crippen LogP) is 3.76. The number of hydrogen-bond donors (Lipinski definition) is 2. The van der Waals surface area contributed by atoms with Gasteiger partial charge >= 0.3 is 6.61 Å². The van der Waals surface area contributed by atoms with Gasteiger partial charge in [0.1, 0.15) is 5.75 Å². The van der Waals surface area contributed by atoms with Crippen molar-refractivity contribution in [3.8, 4) is 5.75 Å². The first-order valence-corrected chi connectivity index (χ1v) is 8.56. The summed E-state index contributed by atoms with van der Waals surface area (Å²) >= 11 is 0. The standard InChI is InChI=1S/C18H26F2N2O2/c1-12(14-8-5-9-15(11-14)24-18(19)20)22-17(23)16(21)10-13-6-3-2-4-7-13/h5,8-9,11-13,16,18H,2-4,6-7,10,21H2,1H3,(H,22,23). The molecule has 2 unspecified atom stereocenters. The minimum Gasteiger partial charge on any atom is -0.435 e. The monoisotopic (exact) mass is 340 g/mol. The maximum absolute atomic E-state index is 12.3. The van der Waals surface area contributed by atoms with E-state index >= 15 is 0 Å². The van der Waals surface area contributed by atoms with Crippen LogP contribution in [-0.4, -0.2) is 18.6 Å². The molecule has 2 rings (SSSR count). The van der Waals surface area contributed by atoms with E-state index in [1.54, 1.807) is 19.1 Å². The Hall–Kier alpha value is -1.69. The van der Waals surface area contributed by atoms with Crippen molar-refractivity contribution in [1.29, 1.82) is 0 Å². The second-order valence-electron chi connectivity index (χ2n) is 6.53. The highest BCUT2D eigenvalue weighted by Gasteiger charge is 2.22. The second-order valence-corrected chi connectivity index (χ2v) is 6.53. The van der Waals surface area contributed by atoms with E-state index in [1.165, 1.54) is 31.4 Å². The Balaban J connectivity index is 1.88. The highest BCUT2D eigenvalue weighted by atomic mass is 19.3. The van der Waals surface area contributed by atoms with Gasteiger partial charge in [0, 0.05) is 0 Å². The normalized spacial score (nSPS) is 18.2. The second kappa shape index (κ2) is 8.97. The molecule has 0 spiro atoms. The molecule has 0 aliphatic heterocycles. The molecule has 0 heterocycles. The Kier molecular flexibility index (Phi) is 6.97. The number of halogens is 2. The lowest BCUT2D eigenvalue weighted by Gasteiger charge is -2.25. The zero-order valence-electron chi connectivity index (χ0n) is 14.0. The largest absolute Gasteiger partial charge is 0.435 e. The van der Waals surface area contributed by atoms with Crippen LogP contribution in [0, 0.1) is 5.92 Å². The number of rotatable bonds is 7. The fraction of sp³-hybridized carbons (Fsp3) is 0.611. The number of ether oxygens (including phenoxy) is 1. The first kappa shape index (κ1) is 18.6. The van der Waals surface area contributed by atoms with Gasteiger partial charge in [-0.1, -0.05) is 44.2 Å². The topological polar surface area (TPSA) is 64.4 Å². The predicted molar refractivity (Wildman–Crippen MR) is 88.8 cm³/mol. The summed E-state index contributed by atoms with van der Waals surface area (Å²) < 4.78 is 29.0. The summed E-state index contributed by atoms with van der Waals surface area (Å²) in [4.78, 5) is 12.3. The van der Waals surface area contributed by atoms with Crippen LogP contribution in [0.2, 0.25) is 0 Å². The van der Waals surface area contributed by atoms with Crippen molar-refractivity contribution in [2.45, 2.75) is 64.1 Å². The SMILES string of the molecule is CC(NC(=O)C(N)CC1CCCCC1)c1cccc(OC(F)F)c1. The Morgan fingerprint density at radius 3 is 2.71 bits per heavy atom. The van der Waals surface area contributed by atoms with E-state index < -0.39 is 12.7 Å². The number of nitrogens with two attached hydrogens (primary N) is 1. The number of amides is 1. The first-order chi connectivity index (χ1) is 11.5. The molecule has 3 N–H and O–H groups in total. The molecule has 134 valence electrons. The van der Waals surface area contributed by atoms with E-state index in [0.717, 1.165) is 12.8 Å². The fourth-order valence-electron chi connectivity index (χ4n) is 3.25. The maximum atomic E-state index is 12.3. The van der Waals surface area contributed by atoms with Gasteiger partial charge in [-0.25, -0.2) is 0 Å². The molecule has 1 aromatic rings. The number of nitrogens with one attached hydrogen (secondary N) is 1. The van der Waals surface area contributed by atoms with Crippen molar-refractivity contribution in [2.75, 3.05) is 0 Å². The third-order valence-corrected chi connectivity index (χ3v) is 4.59. The summed E-state index contributed by atoms with van der Waals surface area (Å²) in [7, 11) is 0. The third kappa shape index (κ3) is 5.74. The fourth-order valence-corrected chi connectivity index (χ4v) is 3.25. The lowest BCUT2D eigenvalue weighted by molar-refractivity contribution is -0.123. The Morgan fingerprint density at radius 2 is 2.04 bits per heavy atom. The molecule has 1 aliphatic rings. The van der Waals surface area contributed by atoms with E-state index in [4.69, 9.17) is 5.73 Å². The zero-order valence-corrected chi connectivity index (χ0v) is 14.0. The third-order valence-electron chi connectivity index (χ3n) is 4.59. The molecule has 1 aliphatic carbocycles. The van der Waals surface area contributed by atoms with Crippen LogP contribution >= 0.6 is 0 Å². The van der Waals surface area contributed by atoms with Gasteiger partial charge in [-0.2, -0.15) is 8.78 Å². The van der Waals surface area contributed by atoms with E-state index in [9.17, 15) is 13.6 Å². The van der Waals surface area contributed by atoms with Crippen LogP contribution in [0.3, 0.4) is 0 Å². The highest BCUT2D eigenvalue weighted by Crippen LogP contribution is 2.27. The lowest BCUT2D eigenvalue weighted by atomic mass is 9.85. The zero-order chi connectivity index (χ0) is 17.5. The summed E-state index contributed by atoms with van der Waals surface area (Å²) in [6.45, 7) is -1.07. The van der Waals surface area contributed by atoms with Crippen molar-refractivity contribution >= 4 is 5.91 Å². The molecule has 1 aromatic carbocycles. The summed E-state index contributed by atoms with van der Waals surface area (Å²) in [6, 6.07) is 5.49. The summed E-state index contributed by atoms with van der Waals surface area (Å²) in [6.07, 6.45) is 6.69. The number of carbonyl (C=O) groups excluding carboxylic acids is 1. The quantitative estimate of drug-likeness (QED) is 0.794. The average Bonchev–Trinajstić information content (AvgIpc) is 2.55. The summed E-state index contributed by atoms with van der Waals surface area (Å²) in [5, 5.41) is 2.86. The van der Waals surface area contributed by atoms with E-state index in [-0.39, 0.29) is 17.7 Å². The summed E-state index contributed by atoms with van der Waals surface area (Å²) in [5.74, 6) is 0.404. The number of hydrogen-bond acceptors (Lipinski definition) is 3. The van der Waals surface area contributed by atoms with Crippen LogP contribution < -0.4 is 15.8 Å². The smallest absolute Gasteiger partial charge is 0.387 e. The molecular weight excluding hydrogens is 314 g/mol. The van der Waals surface area contributed by atoms with Gasteiger partial charge in [0.05, 0.1) is 12.1 Å². The van der Waals surface area contributed by atoms with Gasteiger partial charge < -0.3 is 15.8 Å². The van der Waals surface area contributed by atoms with Crippen molar-refractivity contribution < 1.29 is 18.3 Å². The number of carbonyl (C=O) groups is 1. The van der Waals surface area contributed by atoms with Crippen molar-refractivity contribution in [2.24, 2.45) is 11.7 Å². The van der Waals surface area contributed by atoms with Crippen molar-refractivity contribution in [3.05, 3.63) is 29.8 Å². The first-order valence-electron chi connectivity index (χ1n) is 8.56. The molecule has 6 heteroatoms. The molecule has 0 radical (unpaired) electrons.